The van der Waals surface area contributed by atoms with Crippen LogP contribution in [0, 0.1) is 0 Å². The molecule has 4 aromatic rings. The molecule has 0 aliphatic carbocycles. The molecule has 6 nitrogen and oxygen atoms in total. The Morgan fingerprint density at radius 2 is 1.60 bits per heavy atom. The fourth-order valence-corrected chi connectivity index (χ4v) is 4.34. The van der Waals surface area contributed by atoms with Gasteiger partial charge in [-0.1, -0.05) is 50.0 Å². The number of phenols is 1. The van der Waals surface area contributed by atoms with Crippen LogP contribution in [0.25, 0.3) is 22.6 Å². The molecule has 0 radical (unpaired) electrons. The fraction of sp³-hybridized carbons (Fsp3) is 0.286. The summed E-state index contributed by atoms with van der Waals surface area (Å²) in [6.07, 6.45) is 3.83. The van der Waals surface area contributed by atoms with E-state index in [-0.39, 0.29) is 5.75 Å². The third kappa shape index (κ3) is 7.36. The molecule has 0 amide bonds. The lowest BCUT2D eigenvalue weighted by molar-refractivity contribution is 0.0872. The number of phenolic OH excluding ortho intramolecular Hbond substituents is 1. The summed E-state index contributed by atoms with van der Waals surface area (Å²) in [6.45, 7) is 9.19. The first-order chi connectivity index (χ1) is 16.9. The molecule has 0 aliphatic rings. The molecule has 0 saturated carbocycles. The van der Waals surface area contributed by atoms with Crippen LogP contribution in [0.4, 0.5) is 0 Å². The fourth-order valence-electron chi connectivity index (χ4n) is 3.59. The van der Waals surface area contributed by atoms with Crippen molar-refractivity contribution < 1.29 is 14.6 Å². The highest BCUT2D eigenvalue weighted by Gasteiger charge is 2.14. The predicted molar refractivity (Wildman–Crippen MR) is 142 cm³/mol. The second-order valence-electron chi connectivity index (χ2n) is 9.83. The molecule has 2 heterocycles. The van der Waals surface area contributed by atoms with Gasteiger partial charge in [-0.25, -0.2) is 4.98 Å². The van der Waals surface area contributed by atoms with Gasteiger partial charge in [-0.05, 0) is 48.0 Å². The van der Waals surface area contributed by atoms with E-state index in [1.807, 2.05) is 59.4 Å². The van der Waals surface area contributed by atoms with Crippen LogP contribution in [0.15, 0.2) is 79.1 Å². The minimum Gasteiger partial charge on any atom is -0.508 e. The second kappa shape index (κ2) is 11.4. The van der Waals surface area contributed by atoms with E-state index in [4.69, 9.17) is 14.5 Å². The molecule has 1 N–H and O–H groups in total. The van der Waals surface area contributed by atoms with Crippen LogP contribution in [-0.4, -0.2) is 34.3 Å². The number of hydrogen-bond acceptors (Lipinski definition) is 5. The molecule has 4 rings (SSSR count). The van der Waals surface area contributed by atoms with E-state index in [2.05, 4.69) is 36.8 Å². The SMILES string of the molecule is C[Si](C)(C)CCOCn1cc(COCc2ccccc2)nc1-c1ccc(-c2ccc(O)cc2)nc1. The van der Waals surface area contributed by atoms with E-state index in [9.17, 15) is 5.11 Å². The van der Waals surface area contributed by atoms with Gasteiger partial charge in [0.15, 0.2) is 0 Å². The molecule has 0 bridgehead atoms. The van der Waals surface area contributed by atoms with E-state index >= 15 is 0 Å². The summed E-state index contributed by atoms with van der Waals surface area (Å²) in [5.41, 5.74) is 4.69. The summed E-state index contributed by atoms with van der Waals surface area (Å²) in [4.78, 5) is 9.48. The lowest BCUT2D eigenvalue weighted by Crippen LogP contribution is -2.22. The first-order valence-electron chi connectivity index (χ1n) is 11.9. The molecule has 0 atom stereocenters. The largest absolute Gasteiger partial charge is 0.508 e. The zero-order valence-corrected chi connectivity index (χ0v) is 21.6. The number of aromatic nitrogens is 3. The van der Waals surface area contributed by atoms with E-state index < -0.39 is 8.07 Å². The highest BCUT2D eigenvalue weighted by molar-refractivity contribution is 6.76. The number of rotatable bonds is 11. The van der Waals surface area contributed by atoms with Gasteiger partial charge in [0.2, 0.25) is 0 Å². The Kier molecular flexibility index (Phi) is 8.12. The topological polar surface area (TPSA) is 69.4 Å². The first kappa shape index (κ1) is 24.8. The monoisotopic (exact) mass is 487 g/mol. The molecule has 7 heteroatoms. The Bertz CT molecular complexity index is 1200. The lowest BCUT2D eigenvalue weighted by Gasteiger charge is -2.16. The molecule has 0 unspecified atom stereocenters. The van der Waals surface area contributed by atoms with E-state index in [0.29, 0.717) is 19.9 Å². The normalized spacial score (nSPS) is 11.6. The van der Waals surface area contributed by atoms with Gasteiger partial charge in [-0.3, -0.25) is 4.98 Å². The maximum absolute atomic E-state index is 9.54. The van der Waals surface area contributed by atoms with Crippen LogP contribution in [0.3, 0.4) is 0 Å². The number of nitrogens with zero attached hydrogens (tertiary/aromatic N) is 3. The number of aromatic hydroxyl groups is 1. The summed E-state index contributed by atoms with van der Waals surface area (Å²) in [5.74, 6) is 1.05. The van der Waals surface area contributed by atoms with Gasteiger partial charge in [-0.2, -0.15) is 0 Å². The lowest BCUT2D eigenvalue weighted by atomic mass is 10.1. The molecule has 0 aliphatic heterocycles. The molecular weight excluding hydrogens is 454 g/mol. The van der Waals surface area contributed by atoms with E-state index in [1.165, 1.54) is 0 Å². The van der Waals surface area contributed by atoms with Crippen LogP contribution < -0.4 is 0 Å². The third-order valence-corrected chi connectivity index (χ3v) is 7.30. The van der Waals surface area contributed by atoms with Crippen LogP contribution in [0.5, 0.6) is 5.75 Å². The molecule has 2 aromatic heterocycles. The highest BCUT2D eigenvalue weighted by atomic mass is 28.3. The van der Waals surface area contributed by atoms with Crippen molar-refractivity contribution in [3.8, 4) is 28.4 Å². The first-order valence-corrected chi connectivity index (χ1v) is 15.6. The Balaban J connectivity index is 1.49. The van der Waals surface area contributed by atoms with Crippen LogP contribution in [0.2, 0.25) is 25.7 Å². The summed E-state index contributed by atoms with van der Waals surface area (Å²) < 4.78 is 14.0. The average molecular weight is 488 g/mol. The van der Waals surface area contributed by atoms with Crippen molar-refractivity contribution in [2.24, 2.45) is 0 Å². The van der Waals surface area contributed by atoms with Gasteiger partial charge < -0.3 is 19.1 Å². The molecule has 0 saturated heterocycles. The van der Waals surface area contributed by atoms with Crippen LogP contribution in [-0.2, 0) is 29.4 Å². The molecule has 2 aromatic carbocycles. The average Bonchev–Trinajstić information content (AvgIpc) is 3.25. The number of benzene rings is 2. The van der Waals surface area contributed by atoms with Crippen LogP contribution >= 0.6 is 0 Å². The number of pyridine rings is 1. The van der Waals surface area contributed by atoms with E-state index in [0.717, 1.165) is 46.6 Å². The standard InChI is InChI=1S/C28H33N3O3Si/c1-35(2,3)16-15-33-21-31-18-25(20-34-19-22-7-5-4-6-8-22)30-28(31)24-11-14-27(29-17-24)23-9-12-26(32)13-10-23/h4-14,17-18,32H,15-16,19-21H2,1-3H3. The number of hydrogen-bond donors (Lipinski definition) is 1. The van der Waals surface area contributed by atoms with Crippen molar-refractivity contribution in [2.45, 2.75) is 45.6 Å². The maximum atomic E-state index is 9.54. The van der Waals surface area contributed by atoms with Crippen molar-refractivity contribution in [1.29, 1.82) is 0 Å². The van der Waals surface area contributed by atoms with Gasteiger partial charge in [0.1, 0.15) is 18.3 Å². The van der Waals surface area contributed by atoms with Crippen molar-refractivity contribution in [2.75, 3.05) is 6.61 Å². The zero-order valence-electron chi connectivity index (χ0n) is 20.6. The smallest absolute Gasteiger partial charge is 0.143 e. The summed E-state index contributed by atoms with van der Waals surface area (Å²) in [5, 5.41) is 9.54. The van der Waals surface area contributed by atoms with Gasteiger partial charge in [0.25, 0.3) is 0 Å². The van der Waals surface area contributed by atoms with Gasteiger partial charge in [0.05, 0.1) is 24.6 Å². The Morgan fingerprint density at radius 1 is 0.857 bits per heavy atom. The summed E-state index contributed by atoms with van der Waals surface area (Å²) in [7, 11) is -1.16. The Morgan fingerprint density at radius 3 is 2.29 bits per heavy atom. The Labute approximate surface area is 208 Å². The van der Waals surface area contributed by atoms with Gasteiger partial charge >= 0.3 is 0 Å². The summed E-state index contributed by atoms with van der Waals surface area (Å²) in [6, 6.07) is 22.3. The van der Waals surface area contributed by atoms with Crippen molar-refractivity contribution >= 4 is 8.07 Å². The highest BCUT2D eigenvalue weighted by Crippen LogP contribution is 2.24. The van der Waals surface area contributed by atoms with E-state index in [1.54, 1.807) is 12.1 Å². The predicted octanol–water partition coefficient (Wildman–Crippen LogP) is 6.35. The minimum absolute atomic E-state index is 0.239. The molecule has 0 spiro atoms. The number of imidazole rings is 1. The van der Waals surface area contributed by atoms with Gasteiger partial charge in [-0.15, -0.1) is 0 Å². The molecule has 35 heavy (non-hydrogen) atoms. The molecule has 182 valence electrons. The quantitative estimate of drug-likeness (QED) is 0.197. The molecular formula is C28H33N3O3Si. The van der Waals surface area contributed by atoms with Crippen molar-refractivity contribution in [3.05, 3.63) is 90.4 Å². The van der Waals surface area contributed by atoms with Gasteiger partial charge in [0, 0.05) is 38.2 Å². The maximum Gasteiger partial charge on any atom is 0.143 e. The zero-order chi connectivity index (χ0) is 24.7. The van der Waals surface area contributed by atoms with Crippen molar-refractivity contribution in [1.82, 2.24) is 14.5 Å². The third-order valence-electron chi connectivity index (χ3n) is 5.60. The second-order valence-corrected chi connectivity index (χ2v) is 15.5. The van der Waals surface area contributed by atoms with Crippen LogP contribution in [0.1, 0.15) is 11.3 Å². The minimum atomic E-state index is -1.16. The summed E-state index contributed by atoms with van der Waals surface area (Å²) >= 11 is 0. The number of ether oxygens (including phenoxy) is 2. The Hall–Kier alpha value is -3.26. The van der Waals surface area contributed by atoms with Crippen molar-refractivity contribution in [3.63, 3.8) is 0 Å². The molecule has 0 fully saturated rings.